The quantitative estimate of drug-likeness (QED) is 0.174. The van der Waals surface area contributed by atoms with Gasteiger partial charge in [0.1, 0.15) is 0 Å². The van der Waals surface area contributed by atoms with Crippen LogP contribution in [0.15, 0.2) is 144 Å². The van der Waals surface area contributed by atoms with Crippen molar-refractivity contribution < 1.29 is 115 Å². The Morgan fingerprint density at radius 2 is 0.585 bits per heavy atom. The zero-order valence-electron chi connectivity index (χ0n) is 28.0. The van der Waals surface area contributed by atoms with E-state index in [-0.39, 0.29) is 119 Å². The van der Waals surface area contributed by atoms with Gasteiger partial charge in [-0.3, -0.25) is 19.2 Å². The molecule has 4 heterocycles. The Labute approximate surface area is 351 Å². The number of quaternary nitrogens is 4. The van der Waals surface area contributed by atoms with Crippen molar-refractivity contribution >= 4 is 23.1 Å². The summed E-state index contributed by atoms with van der Waals surface area (Å²) >= 11 is 0. The molecule has 280 valence electrons. The van der Waals surface area contributed by atoms with Crippen LogP contribution < -0.4 is 69.9 Å². The van der Waals surface area contributed by atoms with E-state index in [2.05, 4.69) is 0 Å². The first-order chi connectivity index (χ1) is 23.2. The predicted molar refractivity (Wildman–Crippen MR) is 176 cm³/mol. The summed E-state index contributed by atoms with van der Waals surface area (Å²) in [6.07, 6.45) is 36.2. The summed E-state index contributed by atoms with van der Waals surface area (Å²) in [4.78, 5) is 45.0. The minimum Gasteiger partial charge on any atom is -1.00 e. The summed E-state index contributed by atoms with van der Waals surface area (Å²) in [5.74, 6) is -0.326. The molecule has 12 nitrogen and oxygen atoms in total. The zero-order valence-corrected chi connectivity index (χ0v) is 33.4. The van der Waals surface area contributed by atoms with E-state index in [1.165, 1.54) is 49.1 Å². The van der Waals surface area contributed by atoms with Gasteiger partial charge in [-0.05, 0) is 96.6 Å². The van der Waals surface area contributed by atoms with Gasteiger partial charge in [0.25, 0.3) is 0 Å². The Hall–Kier alpha value is -2.72. The van der Waals surface area contributed by atoms with Gasteiger partial charge in [0, 0.05) is 0 Å². The van der Waals surface area contributed by atoms with Gasteiger partial charge >= 0.3 is 26.2 Å². The van der Waals surface area contributed by atoms with E-state index in [1.54, 1.807) is 48.6 Å². The molecule has 0 aromatic rings. The number of hydroxylamine groups is 8. The van der Waals surface area contributed by atoms with Crippen LogP contribution >= 0.6 is 0 Å². The monoisotopic (exact) mass is 882 g/mol. The van der Waals surface area contributed by atoms with Gasteiger partial charge in [-0.2, -0.15) is 0 Å². The van der Waals surface area contributed by atoms with Gasteiger partial charge in [-0.25, -0.2) is 0 Å². The van der Waals surface area contributed by atoms with Crippen LogP contribution in [0.1, 0.15) is 25.7 Å². The van der Waals surface area contributed by atoms with Gasteiger partial charge in [-0.15, -0.1) is 0 Å². The number of nitrogens with one attached hydrogen (secondary N) is 4. The number of rotatable bonds is 0. The number of carbonyl (C=O) groups excluding carboxylic acids is 4. The van der Waals surface area contributed by atoms with E-state index in [0.717, 1.165) is 48.0 Å². The second-order valence-electron chi connectivity index (χ2n) is 11.8. The molecular weight excluding hydrogens is 849 g/mol. The van der Waals surface area contributed by atoms with Gasteiger partial charge < -0.3 is 90.7 Å². The molecule has 8 unspecified atom stereocenters. The average Bonchev–Trinajstić information content (AvgIpc) is 3.06. The molecular formula is C36H36Cl4N4O8Zr. The number of fused-ring (bicyclic) bond motifs is 4. The number of ketones is 4. The molecule has 4 aliphatic carbocycles. The third-order valence-electron chi connectivity index (χ3n) is 8.59. The van der Waals surface area contributed by atoms with E-state index >= 15 is 0 Å². The van der Waals surface area contributed by atoms with Crippen LogP contribution in [0.2, 0.25) is 0 Å². The predicted octanol–water partition coefficient (Wildman–Crippen LogP) is -13.1. The van der Waals surface area contributed by atoms with Crippen molar-refractivity contribution in [3.05, 3.63) is 165 Å². The van der Waals surface area contributed by atoms with Crippen molar-refractivity contribution in [2.75, 3.05) is 0 Å². The van der Waals surface area contributed by atoms with Crippen molar-refractivity contribution in [2.45, 2.75) is 49.9 Å². The fourth-order valence-corrected chi connectivity index (χ4v) is 6.23. The Morgan fingerprint density at radius 1 is 0.396 bits per heavy atom. The minimum atomic E-state index is -0.500. The molecule has 17 heteroatoms. The molecule has 53 heavy (non-hydrogen) atoms. The van der Waals surface area contributed by atoms with Crippen LogP contribution in [0.25, 0.3) is 0 Å². The largest absolute Gasteiger partial charge is 4.00 e. The van der Waals surface area contributed by atoms with Gasteiger partial charge in [0.2, 0.25) is 23.1 Å². The van der Waals surface area contributed by atoms with Gasteiger partial charge in [-0.1, -0.05) is 48.6 Å². The molecule has 8 atom stereocenters. The second-order valence-corrected chi connectivity index (χ2v) is 11.8. The van der Waals surface area contributed by atoms with Crippen molar-refractivity contribution in [3.8, 4) is 0 Å². The summed E-state index contributed by atoms with van der Waals surface area (Å²) in [7, 11) is 0. The molecule has 8 rings (SSSR count). The Morgan fingerprint density at radius 3 is 0.755 bits per heavy atom. The van der Waals surface area contributed by atoms with Crippen LogP contribution in [0.5, 0.6) is 0 Å². The third-order valence-corrected chi connectivity index (χ3v) is 8.59. The topological polar surface area (TPSA) is 178 Å². The fraction of sp³-hybridized carbons (Fsp3) is 0.222. The average molecular weight is 886 g/mol. The molecule has 0 bridgehead atoms. The number of allylic oxidation sites excluding steroid dienone is 12. The molecule has 0 amide bonds. The van der Waals surface area contributed by atoms with E-state index in [9.17, 15) is 40.0 Å². The molecule has 4 aliphatic heterocycles. The number of halogens is 4. The van der Waals surface area contributed by atoms with E-state index in [0.29, 0.717) is 0 Å². The summed E-state index contributed by atoms with van der Waals surface area (Å²) in [6, 6.07) is -2.00. The number of hydrogen-bond acceptors (Lipinski definition) is 8. The molecule has 0 radical (unpaired) electrons. The first-order valence-electron chi connectivity index (χ1n) is 15.6. The second kappa shape index (κ2) is 23.9. The Balaban J connectivity index is 0.000000660. The number of hydrogen-bond donors (Lipinski definition) is 4. The first-order valence-corrected chi connectivity index (χ1v) is 15.6. The van der Waals surface area contributed by atoms with Crippen molar-refractivity contribution in [3.63, 3.8) is 0 Å². The van der Waals surface area contributed by atoms with Crippen LogP contribution in [-0.2, 0) is 45.4 Å². The fourth-order valence-electron chi connectivity index (χ4n) is 6.23. The summed E-state index contributed by atoms with van der Waals surface area (Å²) in [5, 5.41) is 44.7. The SMILES string of the molecule is O=C1C=CCC2=CC=C[NH+]([O-])C12.O=C1C=CCC2=CC=C[NH+]([O-])C12.O=C1C=CCC2=CC=C[NH+]([O-])C12.O=C1C=CCC2=CC=C[NH+]([O-])C12.[Cl-].[Cl-].[Cl-].[Cl-].[Zr+4]. The van der Waals surface area contributed by atoms with E-state index in [4.69, 9.17) is 0 Å². The standard InChI is InChI=1S/4C9H9NO2.4ClH.Zr/c4*11-8-5-1-3-7-4-2-6-10(12)9(7)8;;;;;/h4*1-2,4-6,9-10H,3H2;4*1H;/q;;;;;;;;+4/p-4. The number of carbonyl (C=O) groups is 4. The molecule has 0 saturated heterocycles. The molecule has 8 aliphatic rings. The first kappa shape index (κ1) is 50.3. The molecule has 0 spiro atoms. The van der Waals surface area contributed by atoms with Crippen LogP contribution in [-0.4, -0.2) is 47.3 Å². The Kier molecular flexibility index (Phi) is 22.7. The summed E-state index contributed by atoms with van der Waals surface area (Å²) in [5.41, 5.74) is 3.70. The molecule has 0 aromatic heterocycles. The minimum absolute atomic E-state index is 0. The molecule has 0 aromatic carbocycles. The van der Waals surface area contributed by atoms with E-state index in [1.807, 2.05) is 24.3 Å². The maximum absolute atomic E-state index is 11.3. The smallest absolute Gasteiger partial charge is 1.00 e. The van der Waals surface area contributed by atoms with Crippen molar-refractivity contribution in [1.82, 2.24) is 0 Å². The van der Waals surface area contributed by atoms with Gasteiger partial charge in [0.15, 0.2) is 24.2 Å². The van der Waals surface area contributed by atoms with E-state index < -0.39 is 24.2 Å². The summed E-state index contributed by atoms with van der Waals surface area (Å²) < 4.78 is 0. The molecule has 0 saturated carbocycles. The molecule has 4 N–H and O–H groups in total. The van der Waals surface area contributed by atoms with Crippen LogP contribution in [0, 0.1) is 20.8 Å². The van der Waals surface area contributed by atoms with Gasteiger partial charge in [0.05, 0.1) is 24.8 Å². The van der Waals surface area contributed by atoms with Crippen LogP contribution in [0.3, 0.4) is 0 Å². The van der Waals surface area contributed by atoms with Crippen molar-refractivity contribution in [1.29, 1.82) is 0 Å². The van der Waals surface area contributed by atoms with Crippen molar-refractivity contribution in [2.24, 2.45) is 0 Å². The van der Waals surface area contributed by atoms with Crippen LogP contribution in [0.4, 0.5) is 0 Å². The Bertz CT molecular complexity index is 1480. The zero-order chi connectivity index (χ0) is 34.2. The molecule has 0 fully saturated rings. The maximum atomic E-state index is 11.3. The third kappa shape index (κ3) is 12.7. The summed E-state index contributed by atoms with van der Waals surface area (Å²) in [6.45, 7) is 0. The normalized spacial score (nSPS) is 30.0. The maximum Gasteiger partial charge on any atom is 4.00 e.